The molecule has 0 aliphatic carbocycles. The van der Waals surface area contributed by atoms with E-state index in [9.17, 15) is 0 Å². The molecule has 0 aliphatic heterocycles. The summed E-state index contributed by atoms with van der Waals surface area (Å²) in [5, 5.41) is 11.8. The number of nitrogens with one attached hydrogen (secondary N) is 1. The van der Waals surface area contributed by atoms with Gasteiger partial charge in [0.15, 0.2) is 6.29 Å². The van der Waals surface area contributed by atoms with Crippen molar-refractivity contribution in [1.82, 2.24) is 5.32 Å². The van der Waals surface area contributed by atoms with Crippen LogP contribution in [-0.4, -0.2) is 44.8 Å². The van der Waals surface area contributed by atoms with E-state index in [1.165, 1.54) is 0 Å². The van der Waals surface area contributed by atoms with Crippen LogP contribution < -0.4 is 5.32 Å². The molecule has 0 spiro atoms. The fourth-order valence-corrected chi connectivity index (χ4v) is 1.17. The summed E-state index contributed by atoms with van der Waals surface area (Å²) in [5.41, 5.74) is 0. The molecule has 0 saturated heterocycles. The molecule has 0 rings (SSSR count). The van der Waals surface area contributed by atoms with E-state index in [2.05, 4.69) is 5.32 Å². The number of hydrogen-bond acceptors (Lipinski definition) is 4. The first-order valence-electron chi connectivity index (χ1n) is 4.66. The third kappa shape index (κ3) is 5.99. The molecule has 0 aromatic rings. The van der Waals surface area contributed by atoms with E-state index in [-0.39, 0.29) is 18.9 Å². The minimum absolute atomic E-state index is 0.175. The van der Waals surface area contributed by atoms with Gasteiger partial charge in [-0.2, -0.15) is 0 Å². The Balaban J connectivity index is 3.42. The third-order valence-electron chi connectivity index (χ3n) is 1.92. The van der Waals surface area contributed by atoms with E-state index >= 15 is 0 Å². The summed E-state index contributed by atoms with van der Waals surface area (Å²) in [7, 11) is 3.25. The smallest absolute Gasteiger partial charge is 0.171 e. The zero-order valence-electron chi connectivity index (χ0n) is 8.75. The van der Waals surface area contributed by atoms with E-state index in [4.69, 9.17) is 14.6 Å². The van der Waals surface area contributed by atoms with Gasteiger partial charge in [0.05, 0.1) is 6.04 Å². The van der Waals surface area contributed by atoms with Crippen LogP contribution in [0.25, 0.3) is 0 Å². The van der Waals surface area contributed by atoms with E-state index < -0.39 is 0 Å². The fraction of sp³-hybridized carbons (Fsp3) is 1.00. The predicted octanol–water partition coefficient (Wildman–Crippen LogP) is 0.356. The van der Waals surface area contributed by atoms with Crippen LogP contribution in [0.2, 0.25) is 0 Å². The number of ether oxygens (including phenoxy) is 2. The van der Waals surface area contributed by atoms with Crippen molar-refractivity contribution >= 4 is 0 Å². The first-order valence-corrected chi connectivity index (χ1v) is 4.66. The zero-order valence-corrected chi connectivity index (χ0v) is 8.75. The summed E-state index contributed by atoms with van der Waals surface area (Å²) in [6, 6.07) is 0.175. The predicted molar refractivity (Wildman–Crippen MR) is 51.6 cm³/mol. The van der Waals surface area contributed by atoms with Crippen LogP contribution in [0.5, 0.6) is 0 Å². The van der Waals surface area contributed by atoms with Crippen molar-refractivity contribution in [2.75, 3.05) is 27.4 Å². The van der Waals surface area contributed by atoms with E-state index in [0.29, 0.717) is 0 Å². The average molecular weight is 191 g/mol. The van der Waals surface area contributed by atoms with Crippen molar-refractivity contribution in [3.8, 4) is 0 Å². The Hall–Kier alpha value is -0.160. The molecule has 0 amide bonds. The maximum atomic E-state index is 8.56. The summed E-state index contributed by atoms with van der Waals surface area (Å²) in [5.74, 6) is 0. The number of aliphatic hydroxyl groups excluding tert-OH is 1. The van der Waals surface area contributed by atoms with Crippen LogP contribution in [0.4, 0.5) is 0 Å². The molecule has 4 heteroatoms. The first-order chi connectivity index (χ1) is 6.26. The molecular weight excluding hydrogens is 170 g/mol. The van der Waals surface area contributed by atoms with Gasteiger partial charge < -0.3 is 19.9 Å². The van der Waals surface area contributed by atoms with Gasteiger partial charge >= 0.3 is 0 Å². The Kier molecular flexibility index (Phi) is 8.33. The molecule has 0 aromatic carbocycles. The Labute approximate surface area is 80.2 Å². The summed E-state index contributed by atoms with van der Waals surface area (Å²) in [6.45, 7) is 3.15. The van der Waals surface area contributed by atoms with E-state index in [0.717, 1.165) is 19.4 Å². The molecule has 2 N–H and O–H groups in total. The lowest BCUT2D eigenvalue weighted by Gasteiger charge is -2.22. The standard InChI is InChI=1S/C9H21NO3/c1-8(9(12-2)13-3)10-6-4-5-7-11/h8-11H,4-7H2,1-3H3. The average Bonchev–Trinajstić information content (AvgIpc) is 2.14. The molecule has 13 heavy (non-hydrogen) atoms. The normalized spacial score (nSPS) is 13.6. The minimum Gasteiger partial charge on any atom is -0.396 e. The minimum atomic E-state index is -0.200. The summed E-state index contributed by atoms with van der Waals surface area (Å²) >= 11 is 0. The summed E-state index contributed by atoms with van der Waals surface area (Å²) in [6.07, 6.45) is 1.61. The number of aliphatic hydroxyl groups is 1. The van der Waals surface area contributed by atoms with Crippen LogP contribution in [0.3, 0.4) is 0 Å². The van der Waals surface area contributed by atoms with Gasteiger partial charge in [0.25, 0.3) is 0 Å². The highest BCUT2D eigenvalue weighted by molar-refractivity contribution is 4.64. The Bertz CT molecular complexity index is 107. The van der Waals surface area contributed by atoms with Crippen molar-refractivity contribution < 1.29 is 14.6 Å². The number of methoxy groups -OCH3 is 2. The Morgan fingerprint density at radius 1 is 1.23 bits per heavy atom. The van der Waals surface area contributed by atoms with Gasteiger partial charge in [-0.25, -0.2) is 0 Å². The largest absolute Gasteiger partial charge is 0.396 e. The lowest BCUT2D eigenvalue weighted by atomic mass is 10.3. The highest BCUT2D eigenvalue weighted by Crippen LogP contribution is 1.98. The summed E-state index contributed by atoms with van der Waals surface area (Å²) < 4.78 is 10.2. The lowest BCUT2D eigenvalue weighted by molar-refractivity contribution is -0.119. The number of unbranched alkanes of at least 4 members (excludes halogenated alkanes) is 1. The van der Waals surface area contributed by atoms with E-state index in [1.54, 1.807) is 14.2 Å². The fourth-order valence-electron chi connectivity index (χ4n) is 1.17. The molecule has 0 bridgehead atoms. The van der Waals surface area contributed by atoms with Crippen LogP contribution in [0, 0.1) is 0 Å². The van der Waals surface area contributed by atoms with Gasteiger partial charge in [-0.3, -0.25) is 0 Å². The van der Waals surface area contributed by atoms with Crippen molar-refractivity contribution in [1.29, 1.82) is 0 Å². The maximum Gasteiger partial charge on any atom is 0.171 e. The monoisotopic (exact) mass is 191 g/mol. The number of hydrogen-bond donors (Lipinski definition) is 2. The molecule has 1 unspecified atom stereocenters. The molecule has 0 aromatic heterocycles. The van der Waals surface area contributed by atoms with Crippen LogP contribution >= 0.6 is 0 Å². The van der Waals surface area contributed by atoms with Crippen molar-refractivity contribution in [2.45, 2.75) is 32.1 Å². The molecular formula is C9H21NO3. The highest BCUT2D eigenvalue weighted by atomic mass is 16.7. The third-order valence-corrected chi connectivity index (χ3v) is 1.92. The lowest BCUT2D eigenvalue weighted by Crippen LogP contribution is -2.40. The molecule has 0 radical (unpaired) electrons. The second kappa shape index (κ2) is 8.44. The van der Waals surface area contributed by atoms with Crippen molar-refractivity contribution in [3.63, 3.8) is 0 Å². The Morgan fingerprint density at radius 2 is 1.85 bits per heavy atom. The molecule has 80 valence electrons. The highest BCUT2D eigenvalue weighted by Gasteiger charge is 2.13. The Morgan fingerprint density at radius 3 is 2.31 bits per heavy atom. The molecule has 1 atom stereocenters. The molecule has 0 aliphatic rings. The van der Waals surface area contributed by atoms with Gasteiger partial charge in [0.2, 0.25) is 0 Å². The van der Waals surface area contributed by atoms with Gasteiger partial charge in [0.1, 0.15) is 0 Å². The van der Waals surface area contributed by atoms with Crippen LogP contribution in [0.1, 0.15) is 19.8 Å². The molecule has 0 saturated carbocycles. The molecule has 4 nitrogen and oxygen atoms in total. The van der Waals surface area contributed by atoms with Gasteiger partial charge in [-0.1, -0.05) is 0 Å². The van der Waals surface area contributed by atoms with Crippen LogP contribution in [-0.2, 0) is 9.47 Å². The van der Waals surface area contributed by atoms with E-state index in [1.807, 2.05) is 6.92 Å². The topological polar surface area (TPSA) is 50.7 Å². The SMILES string of the molecule is COC(OC)C(C)NCCCCO. The van der Waals surface area contributed by atoms with Gasteiger partial charge in [0, 0.05) is 20.8 Å². The van der Waals surface area contributed by atoms with Crippen molar-refractivity contribution in [3.05, 3.63) is 0 Å². The number of rotatable bonds is 8. The zero-order chi connectivity index (χ0) is 10.1. The first kappa shape index (κ1) is 12.8. The van der Waals surface area contributed by atoms with Gasteiger partial charge in [-0.15, -0.1) is 0 Å². The molecule has 0 fully saturated rings. The quantitative estimate of drug-likeness (QED) is 0.429. The van der Waals surface area contributed by atoms with Gasteiger partial charge in [-0.05, 0) is 26.3 Å². The second-order valence-electron chi connectivity index (χ2n) is 3.01. The molecule has 0 heterocycles. The van der Waals surface area contributed by atoms with Crippen molar-refractivity contribution in [2.24, 2.45) is 0 Å². The summed E-state index contributed by atoms with van der Waals surface area (Å²) in [4.78, 5) is 0. The second-order valence-corrected chi connectivity index (χ2v) is 3.01. The maximum absolute atomic E-state index is 8.56. The van der Waals surface area contributed by atoms with Crippen LogP contribution in [0.15, 0.2) is 0 Å².